The molecule has 92 valence electrons. The maximum absolute atomic E-state index is 3.50. The monoisotopic (exact) mass is 230 g/mol. The molecule has 0 unspecified atom stereocenters. The maximum atomic E-state index is 3.50. The van der Waals surface area contributed by atoms with Crippen LogP contribution in [0.1, 0.15) is 16.7 Å². The molecular formula is C15H22N2. The van der Waals surface area contributed by atoms with Gasteiger partial charge in [0.1, 0.15) is 0 Å². The van der Waals surface area contributed by atoms with Crippen molar-refractivity contribution in [1.82, 2.24) is 10.2 Å². The van der Waals surface area contributed by atoms with Gasteiger partial charge in [0.15, 0.2) is 0 Å². The van der Waals surface area contributed by atoms with Gasteiger partial charge in [-0.05, 0) is 44.3 Å². The minimum Gasteiger partial charge on any atom is -0.316 e. The van der Waals surface area contributed by atoms with Crippen molar-refractivity contribution in [2.24, 2.45) is 11.8 Å². The second-order valence-electron chi connectivity index (χ2n) is 5.87. The molecule has 1 aromatic carbocycles. The number of nitrogens with one attached hydrogen (secondary N) is 1. The van der Waals surface area contributed by atoms with Gasteiger partial charge in [-0.15, -0.1) is 0 Å². The molecule has 1 aromatic rings. The van der Waals surface area contributed by atoms with E-state index in [2.05, 4.69) is 42.3 Å². The molecule has 0 saturated carbocycles. The summed E-state index contributed by atoms with van der Waals surface area (Å²) in [7, 11) is 0. The van der Waals surface area contributed by atoms with E-state index in [0.717, 1.165) is 18.4 Å². The number of benzene rings is 1. The van der Waals surface area contributed by atoms with Crippen molar-refractivity contribution < 1.29 is 0 Å². The van der Waals surface area contributed by atoms with Crippen molar-refractivity contribution in [2.45, 2.75) is 20.4 Å². The Morgan fingerprint density at radius 3 is 2.24 bits per heavy atom. The first-order chi connectivity index (χ1) is 8.20. The highest BCUT2D eigenvalue weighted by Gasteiger charge is 2.35. The van der Waals surface area contributed by atoms with Crippen LogP contribution in [-0.2, 0) is 6.54 Å². The molecule has 1 N–H and O–H groups in total. The average Bonchev–Trinajstić information content (AvgIpc) is 2.75. The van der Waals surface area contributed by atoms with Crippen molar-refractivity contribution in [1.29, 1.82) is 0 Å². The minimum atomic E-state index is 0.904. The van der Waals surface area contributed by atoms with Gasteiger partial charge in [-0.3, -0.25) is 4.90 Å². The van der Waals surface area contributed by atoms with E-state index in [1.54, 1.807) is 0 Å². The zero-order valence-corrected chi connectivity index (χ0v) is 10.9. The summed E-state index contributed by atoms with van der Waals surface area (Å²) >= 11 is 0. The second kappa shape index (κ2) is 4.43. The van der Waals surface area contributed by atoms with Crippen LogP contribution in [0.15, 0.2) is 18.2 Å². The molecule has 3 rings (SSSR count). The molecule has 2 fully saturated rings. The number of hydrogen-bond donors (Lipinski definition) is 1. The number of aryl methyl sites for hydroxylation is 2. The fourth-order valence-electron chi connectivity index (χ4n) is 3.50. The van der Waals surface area contributed by atoms with Crippen LogP contribution in [0, 0.1) is 25.7 Å². The van der Waals surface area contributed by atoms with E-state index in [4.69, 9.17) is 0 Å². The minimum absolute atomic E-state index is 0.904. The normalized spacial score (nSPS) is 28.6. The molecule has 0 bridgehead atoms. The van der Waals surface area contributed by atoms with Crippen LogP contribution in [0.4, 0.5) is 0 Å². The van der Waals surface area contributed by atoms with Crippen LogP contribution < -0.4 is 5.32 Å². The molecule has 0 radical (unpaired) electrons. The molecule has 0 spiro atoms. The van der Waals surface area contributed by atoms with E-state index in [1.165, 1.54) is 42.9 Å². The first kappa shape index (κ1) is 11.2. The summed E-state index contributed by atoms with van der Waals surface area (Å²) in [5, 5.41) is 3.50. The van der Waals surface area contributed by atoms with Crippen LogP contribution in [0.2, 0.25) is 0 Å². The van der Waals surface area contributed by atoms with E-state index in [-0.39, 0.29) is 0 Å². The van der Waals surface area contributed by atoms with E-state index < -0.39 is 0 Å². The number of nitrogens with zero attached hydrogens (tertiary/aromatic N) is 1. The van der Waals surface area contributed by atoms with Crippen LogP contribution in [-0.4, -0.2) is 31.1 Å². The van der Waals surface area contributed by atoms with Crippen LogP contribution in [0.5, 0.6) is 0 Å². The van der Waals surface area contributed by atoms with Crippen molar-refractivity contribution in [3.8, 4) is 0 Å². The van der Waals surface area contributed by atoms with Crippen LogP contribution >= 0.6 is 0 Å². The summed E-state index contributed by atoms with van der Waals surface area (Å²) in [6.07, 6.45) is 0. The molecule has 2 heterocycles. The van der Waals surface area contributed by atoms with Gasteiger partial charge < -0.3 is 5.32 Å². The number of hydrogen-bond acceptors (Lipinski definition) is 2. The summed E-state index contributed by atoms with van der Waals surface area (Å²) < 4.78 is 0. The van der Waals surface area contributed by atoms with Gasteiger partial charge in [-0.1, -0.05) is 29.3 Å². The standard InChI is InChI=1S/C15H22N2/c1-11-3-12(2)5-13(4-11)8-17-9-14-6-16-7-15(14)10-17/h3-5,14-16H,6-10H2,1-2H3/t14-,15+. The van der Waals surface area contributed by atoms with Gasteiger partial charge in [-0.2, -0.15) is 0 Å². The lowest BCUT2D eigenvalue weighted by Crippen LogP contribution is -2.25. The van der Waals surface area contributed by atoms with Gasteiger partial charge in [0.25, 0.3) is 0 Å². The molecule has 2 saturated heterocycles. The molecule has 0 amide bonds. The fraction of sp³-hybridized carbons (Fsp3) is 0.600. The highest BCUT2D eigenvalue weighted by molar-refractivity contribution is 5.28. The Balaban J connectivity index is 1.67. The van der Waals surface area contributed by atoms with Crippen molar-refractivity contribution in [3.05, 3.63) is 34.9 Å². The topological polar surface area (TPSA) is 15.3 Å². The molecular weight excluding hydrogens is 208 g/mol. The first-order valence-electron chi connectivity index (χ1n) is 6.71. The van der Waals surface area contributed by atoms with Crippen molar-refractivity contribution >= 4 is 0 Å². The van der Waals surface area contributed by atoms with E-state index in [9.17, 15) is 0 Å². The van der Waals surface area contributed by atoms with Crippen molar-refractivity contribution in [2.75, 3.05) is 26.2 Å². The van der Waals surface area contributed by atoms with Gasteiger partial charge in [0.2, 0.25) is 0 Å². The third-order valence-electron chi connectivity index (χ3n) is 4.15. The Morgan fingerprint density at radius 1 is 1.06 bits per heavy atom. The molecule has 2 nitrogen and oxygen atoms in total. The largest absolute Gasteiger partial charge is 0.316 e. The smallest absolute Gasteiger partial charge is 0.0234 e. The molecule has 2 aliphatic rings. The highest BCUT2D eigenvalue weighted by atomic mass is 15.2. The molecule has 2 heteroatoms. The van der Waals surface area contributed by atoms with Crippen molar-refractivity contribution in [3.63, 3.8) is 0 Å². The predicted octanol–water partition coefficient (Wildman–Crippen LogP) is 1.95. The van der Waals surface area contributed by atoms with Gasteiger partial charge in [0, 0.05) is 19.6 Å². The molecule has 2 atom stereocenters. The fourth-order valence-corrected chi connectivity index (χ4v) is 3.50. The third kappa shape index (κ3) is 2.38. The van der Waals surface area contributed by atoms with E-state index in [0.29, 0.717) is 0 Å². The zero-order chi connectivity index (χ0) is 11.8. The SMILES string of the molecule is Cc1cc(C)cc(CN2C[C@H]3CNC[C@H]3C2)c1. The number of fused-ring (bicyclic) bond motifs is 1. The molecule has 2 aliphatic heterocycles. The lowest BCUT2D eigenvalue weighted by Gasteiger charge is -2.17. The second-order valence-corrected chi connectivity index (χ2v) is 5.87. The van der Waals surface area contributed by atoms with Crippen LogP contribution in [0.25, 0.3) is 0 Å². The lowest BCUT2D eigenvalue weighted by molar-refractivity contribution is 0.305. The summed E-state index contributed by atoms with van der Waals surface area (Å²) in [6, 6.07) is 6.92. The summed E-state index contributed by atoms with van der Waals surface area (Å²) in [4.78, 5) is 2.63. The Hall–Kier alpha value is -0.860. The van der Waals surface area contributed by atoms with E-state index in [1.807, 2.05) is 0 Å². The zero-order valence-electron chi connectivity index (χ0n) is 10.9. The Morgan fingerprint density at radius 2 is 1.65 bits per heavy atom. The maximum Gasteiger partial charge on any atom is 0.0234 e. The Bertz CT molecular complexity index is 381. The Labute approximate surface area is 104 Å². The van der Waals surface area contributed by atoms with Gasteiger partial charge in [0.05, 0.1) is 0 Å². The average molecular weight is 230 g/mol. The molecule has 0 aromatic heterocycles. The predicted molar refractivity (Wildman–Crippen MR) is 71.0 cm³/mol. The summed E-state index contributed by atoms with van der Waals surface area (Å²) in [6.45, 7) is 10.5. The Kier molecular flexibility index (Phi) is 2.93. The molecule has 0 aliphatic carbocycles. The first-order valence-corrected chi connectivity index (χ1v) is 6.71. The summed E-state index contributed by atoms with van der Waals surface area (Å²) in [5.41, 5.74) is 4.26. The number of likely N-dealkylation sites (tertiary alicyclic amines) is 1. The number of rotatable bonds is 2. The quantitative estimate of drug-likeness (QED) is 0.835. The highest BCUT2D eigenvalue weighted by Crippen LogP contribution is 2.27. The lowest BCUT2D eigenvalue weighted by atomic mass is 10.0. The van der Waals surface area contributed by atoms with Crippen LogP contribution in [0.3, 0.4) is 0 Å². The summed E-state index contributed by atoms with van der Waals surface area (Å²) in [5.74, 6) is 1.81. The molecule has 17 heavy (non-hydrogen) atoms. The van der Waals surface area contributed by atoms with Gasteiger partial charge in [-0.25, -0.2) is 0 Å². The van der Waals surface area contributed by atoms with Gasteiger partial charge >= 0.3 is 0 Å². The third-order valence-corrected chi connectivity index (χ3v) is 4.15. The van der Waals surface area contributed by atoms with E-state index >= 15 is 0 Å².